The summed E-state index contributed by atoms with van der Waals surface area (Å²) in [6.07, 6.45) is -1.87. The molecule has 0 aromatic rings. The van der Waals surface area contributed by atoms with Crippen molar-refractivity contribution in [2.45, 2.75) is 20.3 Å². The maximum absolute atomic E-state index is 12.6. The monoisotopic (exact) mass is 208 g/mol. The molecule has 82 valence electrons. The first-order valence-electron chi connectivity index (χ1n) is 4.05. The number of amides is 1. The Balaban J connectivity index is 4.90. The van der Waals surface area contributed by atoms with Gasteiger partial charge in [0.1, 0.15) is 5.92 Å². The largest absolute Gasteiger partial charge is 0.411 e. The van der Waals surface area contributed by atoms with E-state index in [2.05, 4.69) is 10.5 Å². The van der Waals surface area contributed by atoms with Crippen LogP contribution < -0.4 is 5.32 Å². The fourth-order valence-electron chi connectivity index (χ4n) is 1.16. The van der Waals surface area contributed by atoms with Gasteiger partial charge in [-0.15, -0.1) is 5.16 Å². The van der Waals surface area contributed by atoms with Crippen molar-refractivity contribution in [1.82, 2.24) is 5.32 Å². The minimum absolute atomic E-state index is 0.773. The normalized spacial score (nSPS) is 14.7. The molecule has 0 saturated carbocycles. The molecule has 0 fully saturated rings. The predicted molar refractivity (Wildman–Crippen MR) is 47.6 cm³/mol. The number of halogens is 2. The third kappa shape index (κ3) is 2.93. The average Bonchev–Trinajstić information content (AvgIpc) is 2.02. The molecule has 0 rings (SSSR count). The van der Waals surface area contributed by atoms with Crippen LogP contribution in [-0.4, -0.2) is 30.8 Å². The third-order valence-corrected chi connectivity index (χ3v) is 1.97. The highest BCUT2D eigenvalue weighted by Crippen LogP contribution is 2.30. The van der Waals surface area contributed by atoms with Gasteiger partial charge in [-0.1, -0.05) is 13.8 Å². The Morgan fingerprint density at radius 1 is 1.57 bits per heavy atom. The molecule has 0 heterocycles. The van der Waals surface area contributed by atoms with Crippen LogP contribution in [0, 0.1) is 11.3 Å². The number of hydrogen-bond acceptors (Lipinski definition) is 3. The van der Waals surface area contributed by atoms with Crippen LogP contribution in [0.5, 0.6) is 0 Å². The summed E-state index contributed by atoms with van der Waals surface area (Å²) >= 11 is 0. The van der Waals surface area contributed by atoms with Crippen LogP contribution in [0.1, 0.15) is 13.8 Å². The summed E-state index contributed by atoms with van der Waals surface area (Å²) in [5, 5.41) is 13.1. The molecule has 2 N–H and O–H groups in total. The van der Waals surface area contributed by atoms with Crippen molar-refractivity contribution in [3.8, 4) is 0 Å². The smallest absolute Gasteiger partial charge is 0.251 e. The molecule has 0 saturated heterocycles. The van der Waals surface area contributed by atoms with Crippen molar-refractivity contribution >= 4 is 12.1 Å². The summed E-state index contributed by atoms with van der Waals surface area (Å²) in [5.74, 6) is -2.30. The molecule has 0 aliphatic rings. The van der Waals surface area contributed by atoms with Crippen molar-refractivity contribution in [1.29, 1.82) is 0 Å². The maximum atomic E-state index is 12.6. The van der Waals surface area contributed by atoms with E-state index in [4.69, 9.17) is 5.21 Å². The molecule has 0 spiro atoms. The van der Waals surface area contributed by atoms with E-state index in [1.54, 1.807) is 0 Å². The zero-order chi connectivity index (χ0) is 11.4. The molecule has 0 bridgehead atoms. The lowest BCUT2D eigenvalue weighted by atomic mass is 9.79. The number of oxime groups is 1. The molecule has 4 nitrogen and oxygen atoms in total. The second kappa shape index (κ2) is 4.88. The van der Waals surface area contributed by atoms with Crippen molar-refractivity contribution in [2.24, 2.45) is 16.5 Å². The fourth-order valence-corrected chi connectivity index (χ4v) is 1.16. The molecule has 0 aromatic heterocycles. The van der Waals surface area contributed by atoms with Crippen LogP contribution >= 0.6 is 0 Å². The summed E-state index contributed by atoms with van der Waals surface area (Å²) < 4.78 is 25.1. The van der Waals surface area contributed by atoms with Crippen LogP contribution in [0.4, 0.5) is 8.78 Å². The number of carbonyl (C=O) groups is 1. The lowest BCUT2D eigenvalue weighted by Gasteiger charge is -2.27. The highest BCUT2D eigenvalue weighted by atomic mass is 19.3. The molecule has 0 aliphatic heterocycles. The van der Waals surface area contributed by atoms with Crippen molar-refractivity contribution < 1.29 is 18.8 Å². The number of hydrogen-bond donors (Lipinski definition) is 2. The topological polar surface area (TPSA) is 61.7 Å². The summed E-state index contributed by atoms with van der Waals surface area (Å²) in [6, 6.07) is 0. The Morgan fingerprint density at radius 3 is 2.36 bits per heavy atom. The first-order chi connectivity index (χ1) is 6.36. The zero-order valence-corrected chi connectivity index (χ0v) is 8.29. The van der Waals surface area contributed by atoms with Gasteiger partial charge in [-0.2, -0.15) is 0 Å². The SMILES string of the molecule is CNC(=O)C(C(F)F)C(C)(C)/C=N/O. The number of nitrogens with zero attached hydrogens (tertiary/aromatic N) is 1. The van der Waals surface area contributed by atoms with Gasteiger partial charge in [-0.3, -0.25) is 4.79 Å². The highest BCUT2D eigenvalue weighted by Gasteiger charge is 2.40. The average molecular weight is 208 g/mol. The number of carbonyl (C=O) groups excluding carboxylic acids is 1. The van der Waals surface area contributed by atoms with Crippen LogP contribution in [0.3, 0.4) is 0 Å². The third-order valence-electron chi connectivity index (χ3n) is 1.97. The minimum Gasteiger partial charge on any atom is -0.411 e. The Morgan fingerprint density at radius 2 is 2.07 bits per heavy atom. The van der Waals surface area contributed by atoms with E-state index in [1.807, 2.05) is 0 Å². The minimum atomic E-state index is -2.80. The van der Waals surface area contributed by atoms with Gasteiger partial charge < -0.3 is 10.5 Å². The van der Waals surface area contributed by atoms with E-state index in [0.717, 1.165) is 6.21 Å². The molecule has 1 atom stereocenters. The summed E-state index contributed by atoms with van der Waals surface area (Å²) in [4.78, 5) is 11.1. The van der Waals surface area contributed by atoms with E-state index in [-0.39, 0.29) is 0 Å². The summed E-state index contributed by atoms with van der Waals surface area (Å²) in [5.41, 5.74) is -1.19. The first kappa shape index (κ1) is 12.8. The second-order valence-electron chi connectivity index (χ2n) is 3.49. The van der Waals surface area contributed by atoms with Gasteiger partial charge in [0.2, 0.25) is 5.91 Å². The van der Waals surface area contributed by atoms with Gasteiger partial charge in [0.05, 0.1) is 6.21 Å². The van der Waals surface area contributed by atoms with Crippen LogP contribution in [0.2, 0.25) is 0 Å². The van der Waals surface area contributed by atoms with E-state index in [9.17, 15) is 13.6 Å². The maximum Gasteiger partial charge on any atom is 0.251 e. The molecule has 0 radical (unpaired) electrons. The predicted octanol–water partition coefficient (Wildman–Crippen LogP) is 1.10. The van der Waals surface area contributed by atoms with Crippen LogP contribution in [0.15, 0.2) is 5.16 Å². The van der Waals surface area contributed by atoms with E-state index >= 15 is 0 Å². The molecule has 14 heavy (non-hydrogen) atoms. The lowest BCUT2D eigenvalue weighted by molar-refractivity contribution is -0.133. The molecule has 6 heteroatoms. The summed E-state index contributed by atoms with van der Waals surface area (Å²) in [7, 11) is 1.28. The van der Waals surface area contributed by atoms with Crippen LogP contribution in [-0.2, 0) is 4.79 Å². The molecule has 0 aliphatic carbocycles. The zero-order valence-electron chi connectivity index (χ0n) is 8.29. The van der Waals surface area contributed by atoms with E-state index < -0.39 is 23.7 Å². The van der Waals surface area contributed by atoms with Gasteiger partial charge in [0.15, 0.2) is 0 Å². The molecular formula is C8H14F2N2O2. The van der Waals surface area contributed by atoms with Gasteiger partial charge in [0, 0.05) is 12.5 Å². The molecule has 0 aromatic carbocycles. The molecular weight excluding hydrogens is 194 g/mol. The molecule has 1 unspecified atom stereocenters. The van der Waals surface area contributed by atoms with E-state index in [1.165, 1.54) is 20.9 Å². The van der Waals surface area contributed by atoms with Gasteiger partial charge >= 0.3 is 0 Å². The van der Waals surface area contributed by atoms with Crippen LogP contribution in [0.25, 0.3) is 0 Å². The Hall–Kier alpha value is -1.20. The van der Waals surface area contributed by atoms with E-state index in [0.29, 0.717) is 0 Å². The highest BCUT2D eigenvalue weighted by molar-refractivity contribution is 5.84. The lowest BCUT2D eigenvalue weighted by Crippen LogP contribution is -2.42. The number of nitrogens with one attached hydrogen (secondary N) is 1. The number of alkyl halides is 2. The quantitative estimate of drug-likeness (QED) is 0.413. The van der Waals surface area contributed by atoms with Crippen molar-refractivity contribution in [3.63, 3.8) is 0 Å². The Labute approximate surface area is 81.0 Å². The first-order valence-corrected chi connectivity index (χ1v) is 4.05. The molecule has 1 amide bonds. The van der Waals surface area contributed by atoms with Crippen molar-refractivity contribution in [2.75, 3.05) is 7.05 Å². The second-order valence-corrected chi connectivity index (χ2v) is 3.49. The standard InChI is InChI=1S/C8H14F2N2O2/c1-8(2,4-12-14)5(6(9)10)7(13)11-3/h4-6,14H,1-3H3,(H,11,13)/b12-4+. The van der Waals surface area contributed by atoms with Crippen molar-refractivity contribution in [3.05, 3.63) is 0 Å². The number of rotatable bonds is 4. The van der Waals surface area contributed by atoms with Gasteiger partial charge in [-0.25, -0.2) is 8.78 Å². The summed E-state index contributed by atoms with van der Waals surface area (Å²) in [6.45, 7) is 2.80. The van der Waals surface area contributed by atoms with Gasteiger partial charge in [-0.05, 0) is 0 Å². The van der Waals surface area contributed by atoms with Gasteiger partial charge in [0.25, 0.3) is 6.43 Å². The fraction of sp³-hybridized carbons (Fsp3) is 0.750. The Bertz CT molecular complexity index is 229. The Kier molecular flexibility index (Phi) is 4.46.